The molecule has 0 bridgehead atoms. The zero-order valence-electron chi connectivity index (χ0n) is 17.1. The molecule has 0 aliphatic carbocycles. The van der Waals surface area contributed by atoms with Gasteiger partial charge in [0.2, 0.25) is 0 Å². The number of aryl methyl sites for hydroxylation is 1. The highest BCUT2D eigenvalue weighted by Crippen LogP contribution is 2.40. The number of nitrogens with zero attached hydrogens (tertiary/aromatic N) is 3. The van der Waals surface area contributed by atoms with E-state index in [0.717, 1.165) is 49.6 Å². The van der Waals surface area contributed by atoms with Crippen LogP contribution in [0.2, 0.25) is 0 Å². The normalized spacial score (nSPS) is 23.4. The van der Waals surface area contributed by atoms with Crippen LogP contribution in [0.3, 0.4) is 0 Å². The molecule has 1 amide bonds. The Hall–Kier alpha value is -2.22. The maximum Gasteiger partial charge on any atom is 0.255 e. The van der Waals surface area contributed by atoms with Crippen LogP contribution in [0.25, 0.3) is 0 Å². The molecule has 156 valence electrons. The van der Waals surface area contributed by atoms with E-state index in [9.17, 15) is 4.79 Å². The number of likely N-dealkylation sites (tertiary alicyclic amines) is 2. The van der Waals surface area contributed by atoms with Crippen molar-refractivity contribution in [3.8, 4) is 0 Å². The predicted octanol–water partition coefficient (Wildman–Crippen LogP) is 2.56. The minimum atomic E-state index is -0.434. The molecule has 2 fully saturated rings. The summed E-state index contributed by atoms with van der Waals surface area (Å²) < 4.78 is 16.6. The summed E-state index contributed by atoms with van der Waals surface area (Å²) in [4.78, 5) is 21.5. The van der Waals surface area contributed by atoms with Gasteiger partial charge in [-0.3, -0.25) is 14.7 Å². The lowest BCUT2D eigenvalue weighted by molar-refractivity contribution is -0.184. The molecule has 0 spiro atoms. The number of hydrogen-bond donors (Lipinski definition) is 0. The van der Waals surface area contributed by atoms with E-state index < -0.39 is 6.10 Å². The van der Waals surface area contributed by atoms with E-state index in [-0.39, 0.29) is 18.0 Å². The van der Waals surface area contributed by atoms with Crippen LogP contribution >= 0.6 is 0 Å². The van der Waals surface area contributed by atoms with Gasteiger partial charge in [-0.15, -0.1) is 0 Å². The van der Waals surface area contributed by atoms with Gasteiger partial charge >= 0.3 is 0 Å². The van der Waals surface area contributed by atoms with Gasteiger partial charge in [-0.25, -0.2) is 0 Å². The summed E-state index contributed by atoms with van der Waals surface area (Å²) in [5.74, 6) is 2.03. The molecule has 2 aromatic rings. The average Bonchev–Trinajstić information content (AvgIpc) is 3.15. The number of β-lactam (4-membered cyclic amide) rings is 1. The number of rotatable bonds is 8. The second-order valence-corrected chi connectivity index (χ2v) is 7.77. The number of pyridine rings is 1. The standard InChI is InChI=1S/C22H29N3O4/c1-16-3-4-19(29-16)15-24-11-7-18(8-12-24)25-20(17-5-9-23-10-6-17)21(22(25)26)28-14-13-27-2/h3-6,9-10,18,20-21H,7-8,11-15H2,1-2H3/t20-,21+/m0/s1. The Balaban J connectivity index is 1.39. The van der Waals surface area contributed by atoms with E-state index in [1.165, 1.54) is 0 Å². The first-order valence-electron chi connectivity index (χ1n) is 10.3. The second kappa shape index (κ2) is 9.07. The van der Waals surface area contributed by atoms with Gasteiger partial charge in [0.1, 0.15) is 11.5 Å². The van der Waals surface area contributed by atoms with E-state index in [2.05, 4.69) is 9.88 Å². The number of ether oxygens (including phenoxy) is 2. The second-order valence-electron chi connectivity index (χ2n) is 7.77. The lowest BCUT2D eigenvalue weighted by atomic mass is 9.86. The third-order valence-corrected chi connectivity index (χ3v) is 5.84. The molecule has 4 rings (SSSR count). The summed E-state index contributed by atoms with van der Waals surface area (Å²) in [6.07, 6.45) is 5.03. The molecule has 2 aromatic heterocycles. The van der Waals surface area contributed by atoms with Gasteiger partial charge < -0.3 is 18.8 Å². The highest BCUT2D eigenvalue weighted by atomic mass is 16.5. The summed E-state index contributed by atoms with van der Waals surface area (Å²) >= 11 is 0. The predicted molar refractivity (Wildman–Crippen MR) is 107 cm³/mol. The first-order valence-corrected chi connectivity index (χ1v) is 10.3. The van der Waals surface area contributed by atoms with Crippen LogP contribution in [0, 0.1) is 6.92 Å². The van der Waals surface area contributed by atoms with Crippen LogP contribution in [-0.4, -0.2) is 66.2 Å². The van der Waals surface area contributed by atoms with Crippen molar-refractivity contribution >= 4 is 5.91 Å². The molecule has 0 unspecified atom stereocenters. The Morgan fingerprint density at radius 1 is 1.14 bits per heavy atom. The Morgan fingerprint density at radius 3 is 2.55 bits per heavy atom. The Labute approximate surface area is 171 Å². The minimum absolute atomic E-state index is 0.0494. The summed E-state index contributed by atoms with van der Waals surface area (Å²) in [5, 5.41) is 0. The van der Waals surface area contributed by atoms with Crippen LogP contribution in [0.1, 0.15) is 36.0 Å². The fraction of sp³-hybridized carbons (Fsp3) is 0.545. The number of amides is 1. The van der Waals surface area contributed by atoms with E-state index in [4.69, 9.17) is 13.9 Å². The highest BCUT2D eigenvalue weighted by Gasteiger charge is 2.52. The molecular weight excluding hydrogens is 370 g/mol. The van der Waals surface area contributed by atoms with E-state index in [1.807, 2.05) is 36.1 Å². The van der Waals surface area contributed by atoms with Gasteiger partial charge in [-0.1, -0.05) is 0 Å². The quantitative estimate of drug-likeness (QED) is 0.502. The SMILES string of the molecule is COCCO[C@H]1C(=O)N(C2CCN(Cc3ccc(C)o3)CC2)[C@H]1c1ccncc1. The number of aromatic nitrogens is 1. The van der Waals surface area contributed by atoms with Crippen LogP contribution in [0.4, 0.5) is 0 Å². The summed E-state index contributed by atoms with van der Waals surface area (Å²) in [5.41, 5.74) is 1.08. The van der Waals surface area contributed by atoms with Crippen LogP contribution in [0.15, 0.2) is 41.1 Å². The lowest BCUT2D eigenvalue weighted by Gasteiger charge is -2.52. The molecule has 0 saturated carbocycles. The minimum Gasteiger partial charge on any atom is -0.465 e. The molecule has 7 nitrogen and oxygen atoms in total. The van der Waals surface area contributed by atoms with Crippen LogP contribution in [-0.2, 0) is 20.8 Å². The number of carbonyl (C=O) groups excluding carboxylic acids is 1. The topological polar surface area (TPSA) is 68.0 Å². The molecule has 29 heavy (non-hydrogen) atoms. The van der Waals surface area contributed by atoms with Gasteiger partial charge in [0.15, 0.2) is 6.10 Å². The Bertz CT molecular complexity index is 801. The summed E-state index contributed by atoms with van der Waals surface area (Å²) in [6.45, 7) is 5.60. The molecule has 4 heterocycles. The van der Waals surface area contributed by atoms with Crippen molar-refractivity contribution in [2.24, 2.45) is 0 Å². The van der Waals surface area contributed by atoms with Crippen molar-refractivity contribution in [1.29, 1.82) is 0 Å². The first kappa shape index (κ1) is 20.1. The fourth-order valence-electron chi connectivity index (χ4n) is 4.35. The third kappa shape index (κ3) is 4.37. The maximum absolute atomic E-state index is 12.9. The molecule has 0 radical (unpaired) electrons. The largest absolute Gasteiger partial charge is 0.465 e. The molecule has 2 aliphatic rings. The number of methoxy groups -OCH3 is 1. The number of piperidine rings is 1. The van der Waals surface area contributed by atoms with Crippen molar-refractivity contribution in [2.45, 2.75) is 44.5 Å². The van der Waals surface area contributed by atoms with Gasteiger partial charge in [0, 0.05) is 38.6 Å². The van der Waals surface area contributed by atoms with Crippen molar-refractivity contribution in [3.05, 3.63) is 53.7 Å². The Morgan fingerprint density at radius 2 is 1.90 bits per heavy atom. The van der Waals surface area contributed by atoms with Crippen LogP contribution < -0.4 is 0 Å². The third-order valence-electron chi connectivity index (χ3n) is 5.84. The van der Waals surface area contributed by atoms with Gasteiger partial charge in [0.25, 0.3) is 5.91 Å². The number of carbonyl (C=O) groups is 1. The van der Waals surface area contributed by atoms with Gasteiger partial charge in [-0.2, -0.15) is 0 Å². The number of hydrogen-bond acceptors (Lipinski definition) is 6. The van der Waals surface area contributed by atoms with E-state index >= 15 is 0 Å². The van der Waals surface area contributed by atoms with Crippen molar-refractivity contribution in [1.82, 2.24) is 14.8 Å². The highest BCUT2D eigenvalue weighted by molar-refractivity contribution is 5.89. The lowest BCUT2D eigenvalue weighted by Crippen LogP contribution is -2.64. The van der Waals surface area contributed by atoms with Crippen LogP contribution in [0.5, 0.6) is 0 Å². The van der Waals surface area contributed by atoms with E-state index in [1.54, 1.807) is 19.5 Å². The first-order chi connectivity index (χ1) is 14.2. The molecular formula is C22H29N3O4. The molecule has 7 heteroatoms. The molecule has 0 N–H and O–H groups in total. The van der Waals surface area contributed by atoms with Crippen molar-refractivity contribution in [2.75, 3.05) is 33.4 Å². The molecule has 2 saturated heterocycles. The molecule has 0 aromatic carbocycles. The van der Waals surface area contributed by atoms with Gasteiger partial charge in [-0.05, 0) is 49.6 Å². The molecule has 2 aliphatic heterocycles. The maximum atomic E-state index is 12.9. The summed E-state index contributed by atoms with van der Waals surface area (Å²) in [6, 6.07) is 8.19. The average molecular weight is 399 g/mol. The Kier molecular flexibility index (Phi) is 6.28. The van der Waals surface area contributed by atoms with Gasteiger partial charge in [0.05, 0.1) is 25.8 Å². The van der Waals surface area contributed by atoms with E-state index in [0.29, 0.717) is 13.2 Å². The monoisotopic (exact) mass is 399 g/mol. The fourth-order valence-corrected chi connectivity index (χ4v) is 4.35. The van der Waals surface area contributed by atoms with Crippen molar-refractivity contribution in [3.63, 3.8) is 0 Å². The van der Waals surface area contributed by atoms with Crippen molar-refractivity contribution < 1.29 is 18.7 Å². The summed E-state index contributed by atoms with van der Waals surface area (Å²) in [7, 11) is 1.64. The number of furan rings is 1. The zero-order chi connectivity index (χ0) is 20.2. The smallest absolute Gasteiger partial charge is 0.255 e. The molecule has 2 atom stereocenters. The zero-order valence-corrected chi connectivity index (χ0v) is 17.1.